The van der Waals surface area contributed by atoms with Crippen LogP contribution in [0.4, 0.5) is 0 Å². The van der Waals surface area contributed by atoms with E-state index >= 15 is 0 Å². The van der Waals surface area contributed by atoms with E-state index in [4.69, 9.17) is 0 Å². The van der Waals surface area contributed by atoms with Crippen LogP contribution in [0.3, 0.4) is 0 Å². The molecule has 1 aromatic heterocycles. The maximum Gasteiger partial charge on any atom is 0.204 e. The third-order valence-electron chi connectivity index (χ3n) is 3.34. The lowest BCUT2D eigenvalue weighted by Gasteiger charge is -2.04. The van der Waals surface area contributed by atoms with Gasteiger partial charge in [0.2, 0.25) is 5.78 Å². The smallest absolute Gasteiger partial charge is 0.204 e. The summed E-state index contributed by atoms with van der Waals surface area (Å²) >= 11 is 0. The summed E-state index contributed by atoms with van der Waals surface area (Å²) in [6, 6.07) is 8.07. The van der Waals surface area contributed by atoms with Crippen molar-refractivity contribution >= 4 is 5.78 Å². The van der Waals surface area contributed by atoms with Crippen molar-refractivity contribution < 1.29 is 4.79 Å². The zero-order valence-corrected chi connectivity index (χ0v) is 10.1. The van der Waals surface area contributed by atoms with Crippen LogP contribution in [0, 0.1) is 0 Å². The van der Waals surface area contributed by atoms with Crippen molar-refractivity contribution in [3.8, 4) is 0 Å². The highest BCUT2D eigenvalue weighted by Gasteiger charge is 2.13. The van der Waals surface area contributed by atoms with Crippen LogP contribution in [0.25, 0.3) is 0 Å². The van der Waals surface area contributed by atoms with E-state index in [1.165, 1.54) is 24.0 Å². The van der Waals surface area contributed by atoms with Crippen molar-refractivity contribution in [1.82, 2.24) is 9.97 Å². The Morgan fingerprint density at radius 3 is 2.72 bits per heavy atom. The molecule has 0 fully saturated rings. The number of nitrogens with zero attached hydrogens (tertiary/aromatic N) is 2. The van der Waals surface area contributed by atoms with Gasteiger partial charge in [-0.3, -0.25) is 4.79 Å². The van der Waals surface area contributed by atoms with Crippen LogP contribution in [0.2, 0.25) is 0 Å². The lowest BCUT2D eigenvalue weighted by molar-refractivity contribution is 0.0983. The highest BCUT2D eigenvalue weighted by atomic mass is 16.1. The van der Waals surface area contributed by atoms with E-state index in [9.17, 15) is 4.79 Å². The van der Waals surface area contributed by atoms with Crippen LogP contribution in [0.15, 0.2) is 36.7 Å². The van der Waals surface area contributed by atoms with Gasteiger partial charge in [-0.25, -0.2) is 9.97 Å². The van der Waals surface area contributed by atoms with Crippen molar-refractivity contribution in [3.63, 3.8) is 0 Å². The molecule has 0 saturated heterocycles. The summed E-state index contributed by atoms with van der Waals surface area (Å²) in [7, 11) is 0. The molecule has 0 N–H and O–H groups in total. The Kier molecular flexibility index (Phi) is 2.89. The van der Waals surface area contributed by atoms with Crippen LogP contribution in [-0.4, -0.2) is 15.8 Å². The number of benzene rings is 1. The van der Waals surface area contributed by atoms with Crippen LogP contribution >= 0.6 is 0 Å². The van der Waals surface area contributed by atoms with Gasteiger partial charge in [-0.15, -0.1) is 0 Å². The second-order valence-corrected chi connectivity index (χ2v) is 4.63. The normalized spacial score (nSPS) is 13.3. The summed E-state index contributed by atoms with van der Waals surface area (Å²) < 4.78 is 0. The molecule has 0 amide bonds. The van der Waals surface area contributed by atoms with Gasteiger partial charge in [0.1, 0.15) is 0 Å². The Morgan fingerprint density at radius 1 is 1.11 bits per heavy atom. The Hall–Kier alpha value is -2.03. The molecule has 0 radical (unpaired) electrons. The zero-order chi connectivity index (χ0) is 12.4. The SMILES string of the molecule is O=C(Cc1ccc2c(c1)CCC2)c1ncccn1. The molecule has 1 aliphatic rings. The number of aromatic nitrogens is 2. The first-order chi connectivity index (χ1) is 8.83. The summed E-state index contributed by atoms with van der Waals surface area (Å²) in [6.45, 7) is 0. The molecule has 0 spiro atoms. The first kappa shape index (κ1) is 11.1. The van der Waals surface area contributed by atoms with Gasteiger partial charge < -0.3 is 0 Å². The second kappa shape index (κ2) is 4.69. The molecule has 1 heterocycles. The number of carbonyl (C=O) groups excluding carboxylic acids is 1. The molecule has 1 aliphatic carbocycles. The maximum absolute atomic E-state index is 12.0. The second-order valence-electron chi connectivity index (χ2n) is 4.63. The molecule has 0 saturated carbocycles. The fourth-order valence-corrected chi connectivity index (χ4v) is 2.44. The molecule has 90 valence electrons. The van der Waals surface area contributed by atoms with Crippen LogP contribution in [-0.2, 0) is 19.3 Å². The minimum absolute atomic E-state index is 0.0199. The Labute approximate surface area is 106 Å². The van der Waals surface area contributed by atoms with Gasteiger partial charge in [0.15, 0.2) is 5.82 Å². The summed E-state index contributed by atoms with van der Waals surface area (Å²) in [4.78, 5) is 20.0. The van der Waals surface area contributed by atoms with Crippen LogP contribution < -0.4 is 0 Å². The number of aryl methyl sites for hydroxylation is 2. The number of ketones is 1. The third-order valence-corrected chi connectivity index (χ3v) is 3.34. The molecule has 0 unspecified atom stereocenters. The predicted octanol–water partition coefficient (Wildman–Crippen LogP) is 2.39. The summed E-state index contributed by atoms with van der Waals surface area (Å²) in [5, 5.41) is 0. The van der Waals surface area contributed by atoms with Crippen LogP contribution in [0.5, 0.6) is 0 Å². The van der Waals surface area contributed by atoms with Crippen molar-refractivity contribution in [2.24, 2.45) is 0 Å². The van der Waals surface area contributed by atoms with Gasteiger partial charge in [0.25, 0.3) is 0 Å². The van der Waals surface area contributed by atoms with Crippen LogP contribution in [0.1, 0.15) is 33.7 Å². The lowest BCUT2D eigenvalue weighted by atomic mass is 10.0. The largest absolute Gasteiger partial charge is 0.290 e. The first-order valence-corrected chi connectivity index (χ1v) is 6.24. The highest BCUT2D eigenvalue weighted by molar-refractivity contribution is 5.94. The fourth-order valence-electron chi connectivity index (χ4n) is 2.44. The number of hydrogen-bond acceptors (Lipinski definition) is 3. The standard InChI is InChI=1S/C15H14N2O/c18-14(15-16-7-2-8-17-15)10-11-5-6-12-3-1-4-13(12)9-11/h2,5-9H,1,3-4,10H2. The van der Waals surface area contributed by atoms with Gasteiger partial charge in [-0.05, 0) is 42.0 Å². The third kappa shape index (κ3) is 2.16. The summed E-state index contributed by atoms with van der Waals surface area (Å²) in [6.07, 6.45) is 7.13. The van der Waals surface area contributed by atoms with E-state index in [0.717, 1.165) is 12.0 Å². The molecule has 0 bridgehead atoms. The van der Waals surface area contributed by atoms with Gasteiger partial charge in [-0.2, -0.15) is 0 Å². The van der Waals surface area contributed by atoms with E-state index in [1.54, 1.807) is 18.5 Å². The molecule has 18 heavy (non-hydrogen) atoms. The minimum atomic E-state index is -0.0199. The summed E-state index contributed by atoms with van der Waals surface area (Å²) in [5.41, 5.74) is 3.89. The molecule has 3 nitrogen and oxygen atoms in total. The maximum atomic E-state index is 12.0. The van der Waals surface area contributed by atoms with E-state index in [-0.39, 0.29) is 5.78 Å². The van der Waals surface area contributed by atoms with Gasteiger partial charge in [0.05, 0.1) is 0 Å². The fraction of sp³-hybridized carbons (Fsp3) is 0.267. The zero-order valence-electron chi connectivity index (χ0n) is 10.1. The van der Waals surface area contributed by atoms with E-state index < -0.39 is 0 Å². The van der Waals surface area contributed by atoms with Gasteiger partial charge in [-0.1, -0.05) is 18.2 Å². The van der Waals surface area contributed by atoms with E-state index in [1.807, 2.05) is 6.07 Å². The molecule has 2 aromatic rings. The van der Waals surface area contributed by atoms with E-state index in [0.29, 0.717) is 12.2 Å². The molecule has 1 aromatic carbocycles. The Balaban J connectivity index is 1.79. The Morgan fingerprint density at radius 2 is 1.89 bits per heavy atom. The van der Waals surface area contributed by atoms with Crippen molar-refractivity contribution in [2.45, 2.75) is 25.7 Å². The first-order valence-electron chi connectivity index (χ1n) is 6.24. The predicted molar refractivity (Wildman–Crippen MR) is 68.5 cm³/mol. The highest BCUT2D eigenvalue weighted by Crippen LogP contribution is 2.23. The van der Waals surface area contributed by atoms with Crippen molar-refractivity contribution in [2.75, 3.05) is 0 Å². The molecule has 0 aliphatic heterocycles. The minimum Gasteiger partial charge on any atom is -0.290 e. The molecular formula is C15H14N2O. The molecule has 3 rings (SSSR count). The topological polar surface area (TPSA) is 42.9 Å². The van der Waals surface area contributed by atoms with E-state index in [2.05, 4.69) is 22.1 Å². The average Bonchev–Trinajstić information content (AvgIpc) is 2.87. The number of rotatable bonds is 3. The average molecular weight is 238 g/mol. The quantitative estimate of drug-likeness (QED) is 0.771. The molecule has 3 heteroatoms. The number of carbonyl (C=O) groups is 1. The van der Waals surface area contributed by atoms with Crippen molar-refractivity contribution in [1.29, 1.82) is 0 Å². The summed E-state index contributed by atoms with van der Waals surface area (Å²) in [5.74, 6) is 0.284. The molecule has 0 atom stereocenters. The monoisotopic (exact) mass is 238 g/mol. The number of fused-ring (bicyclic) bond motifs is 1. The number of Topliss-reactive ketones (excluding diaryl/α,β-unsaturated/α-hetero) is 1. The lowest BCUT2D eigenvalue weighted by Crippen LogP contribution is -2.08. The number of hydrogen-bond donors (Lipinski definition) is 0. The van der Waals surface area contributed by atoms with Crippen molar-refractivity contribution in [3.05, 3.63) is 59.2 Å². The van der Waals surface area contributed by atoms with Gasteiger partial charge >= 0.3 is 0 Å². The Bertz CT molecular complexity index is 578. The molecular weight excluding hydrogens is 224 g/mol. The van der Waals surface area contributed by atoms with Gasteiger partial charge in [0, 0.05) is 18.8 Å².